The SMILES string of the molecule is Cc1[nH]ccc1C(=O)NCC(O)C1CCCC1. The van der Waals surface area contributed by atoms with Crippen molar-refractivity contribution in [2.75, 3.05) is 6.54 Å². The largest absolute Gasteiger partial charge is 0.391 e. The summed E-state index contributed by atoms with van der Waals surface area (Å²) in [6.45, 7) is 2.22. The molecule has 1 heterocycles. The third-order valence-electron chi connectivity index (χ3n) is 3.61. The van der Waals surface area contributed by atoms with Crippen molar-refractivity contribution in [2.24, 2.45) is 5.92 Å². The summed E-state index contributed by atoms with van der Waals surface area (Å²) in [5, 5.41) is 12.7. The van der Waals surface area contributed by atoms with E-state index in [9.17, 15) is 9.90 Å². The van der Waals surface area contributed by atoms with E-state index in [2.05, 4.69) is 10.3 Å². The Labute approximate surface area is 101 Å². The van der Waals surface area contributed by atoms with Gasteiger partial charge in [0.1, 0.15) is 0 Å². The predicted octanol–water partition coefficient (Wildman–Crippen LogP) is 1.60. The first-order valence-corrected chi connectivity index (χ1v) is 6.28. The number of rotatable bonds is 4. The quantitative estimate of drug-likeness (QED) is 0.743. The van der Waals surface area contributed by atoms with Crippen LogP contribution in [0.4, 0.5) is 0 Å². The molecule has 2 rings (SSSR count). The molecule has 0 aromatic carbocycles. The van der Waals surface area contributed by atoms with Gasteiger partial charge in [0.05, 0.1) is 11.7 Å². The van der Waals surface area contributed by atoms with Gasteiger partial charge in [0.25, 0.3) is 5.91 Å². The normalized spacial score (nSPS) is 18.2. The highest BCUT2D eigenvalue weighted by molar-refractivity contribution is 5.95. The molecule has 94 valence electrons. The second kappa shape index (κ2) is 5.36. The molecule has 1 fully saturated rings. The third-order valence-corrected chi connectivity index (χ3v) is 3.61. The highest BCUT2D eigenvalue weighted by Gasteiger charge is 2.23. The lowest BCUT2D eigenvalue weighted by molar-refractivity contribution is 0.0840. The molecule has 4 nitrogen and oxygen atoms in total. The molecule has 1 saturated carbocycles. The molecule has 1 unspecified atom stereocenters. The Morgan fingerprint density at radius 3 is 2.88 bits per heavy atom. The number of aromatic nitrogens is 1. The number of aromatic amines is 1. The highest BCUT2D eigenvalue weighted by atomic mass is 16.3. The molecule has 1 atom stereocenters. The number of aliphatic hydroxyl groups excluding tert-OH is 1. The topological polar surface area (TPSA) is 65.1 Å². The van der Waals surface area contributed by atoms with Gasteiger partial charge in [0, 0.05) is 18.4 Å². The van der Waals surface area contributed by atoms with Crippen molar-refractivity contribution >= 4 is 5.91 Å². The summed E-state index contributed by atoms with van der Waals surface area (Å²) in [4.78, 5) is 14.8. The smallest absolute Gasteiger partial charge is 0.253 e. The minimum atomic E-state index is -0.402. The molecule has 3 N–H and O–H groups in total. The van der Waals surface area contributed by atoms with Crippen LogP contribution in [0.1, 0.15) is 41.7 Å². The number of carbonyl (C=O) groups excluding carboxylic acids is 1. The molecule has 0 radical (unpaired) electrons. The van der Waals surface area contributed by atoms with Crippen LogP contribution in [0.5, 0.6) is 0 Å². The van der Waals surface area contributed by atoms with E-state index >= 15 is 0 Å². The van der Waals surface area contributed by atoms with Crippen molar-refractivity contribution in [3.8, 4) is 0 Å². The van der Waals surface area contributed by atoms with Crippen LogP contribution >= 0.6 is 0 Å². The third kappa shape index (κ3) is 2.88. The van der Waals surface area contributed by atoms with E-state index in [1.807, 2.05) is 6.92 Å². The number of hydrogen-bond acceptors (Lipinski definition) is 2. The Kier molecular flexibility index (Phi) is 3.84. The van der Waals surface area contributed by atoms with Gasteiger partial charge in [0.15, 0.2) is 0 Å². The molecule has 0 bridgehead atoms. The standard InChI is InChI=1S/C13H20N2O2/c1-9-11(6-7-14-9)13(17)15-8-12(16)10-4-2-3-5-10/h6-7,10,12,14,16H,2-5,8H2,1H3,(H,15,17). The van der Waals surface area contributed by atoms with Crippen LogP contribution in [-0.2, 0) is 0 Å². The first kappa shape index (κ1) is 12.2. The van der Waals surface area contributed by atoms with Crippen LogP contribution in [0.2, 0.25) is 0 Å². The van der Waals surface area contributed by atoms with Crippen LogP contribution in [0.25, 0.3) is 0 Å². The maximum atomic E-state index is 11.8. The molecule has 1 aliphatic rings. The predicted molar refractivity (Wildman–Crippen MR) is 65.8 cm³/mol. The van der Waals surface area contributed by atoms with E-state index < -0.39 is 6.10 Å². The summed E-state index contributed by atoms with van der Waals surface area (Å²) in [5.41, 5.74) is 1.52. The molecule has 0 saturated heterocycles. The van der Waals surface area contributed by atoms with Crippen molar-refractivity contribution in [3.05, 3.63) is 23.5 Å². The van der Waals surface area contributed by atoms with Gasteiger partial charge in [-0.3, -0.25) is 4.79 Å². The second-order valence-corrected chi connectivity index (χ2v) is 4.84. The van der Waals surface area contributed by atoms with Crippen molar-refractivity contribution < 1.29 is 9.90 Å². The zero-order chi connectivity index (χ0) is 12.3. The molecular weight excluding hydrogens is 216 g/mol. The van der Waals surface area contributed by atoms with E-state index in [1.54, 1.807) is 12.3 Å². The monoisotopic (exact) mass is 236 g/mol. The van der Waals surface area contributed by atoms with E-state index in [4.69, 9.17) is 0 Å². The second-order valence-electron chi connectivity index (χ2n) is 4.84. The summed E-state index contributed by atoms with van der Waals surface area (Å²) in [6, 6.07) is 1.76. The van der Waals surface area contributed by atoms with Crippen molar-refractivity contribution in [1.29, 1.82) is 0 Å². The fourth-order valence-electron chi connectivity index (χ4n) is 2.50. The fraction of sp³-hybridized carbons (Fsp3) is 0.615. The molecule has 1 amide bonds. The Morgan fingerprint density at radius 2 is 2.29 bits per heavy atom. The van der Waals surface area contributed by atoms with Gasteiger partial charge >= 0.3 is 0 Å². The van der Waals surface area contributed by atoms with Crippen LogP contribution < -0.4 is 5.32 Å². The van der Waals surface area contributed by atoms with Gasteiger partial charge in [-0.25, -0.2) is 0 Å². The number of nitrogens with one attached hydrogen (secondary N) is 2. The summed E-state index contributed by atoms with van der Waals surface area (Å²) in [7, 11) is 0. The summed E-state index contributed by atoms with van der Waals surface area (Å²) in [5.74, 6) is 0.253. The summed E-state index contributed by atoms with van der Waals surface area (Å²) < 4.78 is 0. The van der Waals surface area contributed by atoms with Crippen LogP contribution in [-0.4, -0.2) is 28.6 Å². The minimum absolute atomic E-state index is 0.110. The van der Waals surface area contributed by atoms with Gasteiger partial charge in [-0.15, -0.1) is 0 Å². The first-order valence-electron chi connectivity index (χ1n) is 6.28. The Bertz CT molecular complexity index is 381. The summed E-state index contributed by atoms with van der Waals surface area (Å²) in [6.07, 6.45) is 5.91. The number of aliphatic hydroxyl groups is 1. The highest BCUT2D eigenvalue weighted by Crippen LogP contribution is 2.27. The molecule has 17 heavy (non-hydrogen) atoms. The zero-order valence-corrected chi connectivity index (χ0v) is 10.2. The first-order chi connectivity index (χ1) is 8.18. The van der Waals surface area contributed by atoms with Crippen molar-refractivity contribution in [3.63, 3.8) is 0 Å². The average Bonchev–Trinajstić information content (AvgIpc) is 2.95. The molecule has 1 aliphatic carbocycles. The maximum absolute atomic E-state index is 11.8. The number of aryl methyl sites for hydroxylation is 1. The summed E-state index contributed by atoms with van der Waals surface area (Å²) >= 11 is 0. The minimum Gasteiger partial charge on any atom is -0.391 e. The molecule has 4 heteroatoms. The lowest BCUT2D eigenvalue weighted by Gasteiger charge is -2.17. The van der Waals surface area contributed by atoms with E-state index in [1.165, 1.54) is 12.8 Å². The number of H-pyrrole nitrogens is 1. The maximum Gasteiger partial charge on any atom is 0.253 e. The van der Waals surface area contributed by atoms with Crippen LogP contribution in [0.3, 0.4) is 0 Å². The number of carbonyl (C=O) groups is 1. The van der Waals surface area contributed by atoms with Crippen molar-refractivity contribution in [1.82, 2.24) is 10.3 Å². The molecular formula is C13H20N2O2. The van der Waals surface area contributed by atoms with E-state index in [-0.39, 0.29) is 5.91 Å². The van der Waals surface area contributed by atoms with E-state index in [0.717, 1.165) is 18.5 Å². The Balaban J connectivity index is 1.82. The van der Waals surface area contributed by atoms with Gasteiger partial charge in [-0.05, 0) is 31.7 Å². The lowest BCUT2D eigenvalue weighted by atomic mass is 10.0. The van der Waals surface area contributed by atoms with Gasteiger partial charge in [-0.1, -0.05) is 12.8 Å². The van der Waals surface area contributed by atoms with Gasteiger partial charge in [0.2, 0.25) is 0 Å². The van der Waals surface area contributed by atoms with Gasteiger partial charge in [-0.2, -0.15) is 0 Å². The molecule has 1 aromatic heterocycles. The molecule has 0 aliphatic heterocycles. The molecule has 1 aromatic rings. The van der Waals surface area contributed by atoms with Crippen LogP contribution in [0, 0.1) is 12.8 Å². The van der Waals surface area contributed by atoms with Gasteiger partial charge < -0.3 is 15.4 Å². The zero-order valence-electron chi connectivity index (χ0n) is 10.2. The Hall–Kier alpha value is -1.29. The Morgan fingerprint density at radius 1 is 1.59 bits per heavy atom. The van der Waals surface area contributed by atoms with Crippen molar-refractivity contribution in [2.45, 2.75) is 38.7 Å². The lowest BCUT2D eigenvalue weighted by Crippen LogP contribution is -2.35. The number of hydrogen-bond donors (Lipinski definition) is 3. The average molecular weight is 236 g/mol. The van der Waals surface area contributed by atoms with E-state index in [0.29, 0.717) is 18.0 Å². The fourth-order valence-corrected chi connectivity index (χ4v) is 2.50. The molecule has 0 spiro atoms. The van der Waals surface area contributed by atoms with Crippen LogP contribution in [0.15, 0.2) is 12.3 Å². The number of amides is 1.